The van der Waals surface area contributed by atoms with Crippen molar-refractivity contribution < 1.29 is 5.11 Å². The van der Waals surface area contributed by atoms with Crippen molar-refractivity contribution in [2.75, 3.05) is 6.54 Å². The third-order valence-electron chi connectivity index (χ3n) is 5.25. The molecule has 0 spiro atoms. The van der Waals surface area contributed by atoms with Crippen molar-refractivity contribution in [3.63, 3.8) is 0 Å². The SMILES string of the molecule is CCC1CCCC(CN)(C(C)(O)c2sccc2C)C1. The minimum absolute atomic E-state index is 0.151. The first-order chi connectivity index (χ1) is 8.97. The maximum atomic E-state index is 11.3. The quantitative estimate of drug-likeness (QED) is 0.881. The van der Waals surface area contributed by atoms with Gasteiger partial charge < -0.3 is 10.8 Å². The van der Waals surface area contributed by atoms with Crippen molar-refractivity contribution >= 4 is 11.3 Å². The molecule has 1 heterocycles. The molecule has 1 aliphatic rings. The molecule has 0 aromatic carbocycles. The Morgan fingerprint density at radius 1 is 1.58 bits per heavy atom. The molecule has 1 saturated carbocycles. The Balaban J connectivity index is 2.37. The van der Waals surface area contributed by atoms with Crippen molar-refractivity contribution in [2.45, 2.75) is 58.5 Å². The lowest BCUT2D eigenvalue weighted by Gasteiger charge is -2.49. The van der Waals surface area contributed by atoms with Gasteiger partial charge in [0.15, 0.2) is 0 Å². The molecule has 0 aliphatic heterocycles. The Labute approximate surface area is 121 Å². The zero-order chi connectivity index (χ0) is 14.1. The second kappa shape index (κ2) is 5.55. The predicted molar refractivity (Wildman–Crippen MR) is 82.4 cm³/mol. The van der Waals surface area contributed by atoms with Crippen LogP contribution in [0.1, 0.15) is 56.4 Å². The average molecular weight is 281 g/mol. The van der Waals surface area contributed by atoms with Gasteiger partial charge in [-0.3, -0.25) is 0 Å². The first-order valence-electron chi connectivity index (χ1n) is 7.44. The van der Waals surface area contributed by atoms with Gasteiger partial charge >= 0.3 is 0 Å². The van der Waals surface area contributed by atoms with Gasteiger partial charge in [0.05, 0.1) is 0 Å². The Morgan fingerprint density at radius 2 is 2.32 bits per heavy atom. The number of aliphatic hydroxyl groups is 1. The van der Waals surface area contributed by atoms with Gasteiger partial charge in [-0.05, 0) is 49.6 Å². The van der Waals surface area contributed by atoms with Gasteiger partial charge in [0.2, 0.25) is 0 Å². The van der Waals surface area contributed by atoms with E-state index in [0.29, 0.717) is 12.5 Å². The van der Waals surface area contributed by atoms with Crippen molar-refractivity contribution in [2.24, 2.45) is 17.1 Å². The average Bonchev–Trinajstić information content (AvgIpc) is 2.85. The third-order valence-corrected chi connectivity index (χ3v) is 6.48. The van der Waals surface area contributed by atoms with Crippen molar-refractivity contribution in [3.05, 3.63) is 21.9 Å². The maximum absolute atomic E-state index is 11.3. The van der Waals surface area contributed by atoms with Crippen LogP contribution in [0.5, 0.6) is 0 Å². The molecule has 0 bridgehead atoms. The van der Waals surface area contributed by atoms with E-state index in [4.69, 9.17) is 5.73 Å². The van der Waals surface area contributed by atoms with E-state index < -0.39 is 5.60 Å². The molecule has 0 saturated heterocycles. The second-order valence-corrected chi connectivity index (χ2v) is 7.28. The standard InChI is InChI=1S/C16H27NOS/c1-4-13-6-5-8-16(10-13,11-17)15(3,18)14-12(2)7-9-19-14/h7,9,13,18H,4-6,8,10-11,17H2,1-3H3. The summed E-state index contributed by atoms with van der Waals surface area (Å²) in [6.07, 6.45) is 5.78. The van der Waals surface area contributed by atoms with Gasteiger partial charge in [0, 0.05) is 16.8 Å². The summed E-state index contributed by atoms with van der Waals surface area (Å²) < 4.78 is 0. The molecule has 2 rings (SSSR count). The van der Waals surface area contributed by atoms with Crippen molar-refractivity contribution in [1.82, 2.24) is 0 Å². The summed E-state index contributed by atoms with van der Waals surface area (Å²) in [5.41, 5.74) is 6.39. The molecule has 3 atom stereocenters. The summed E-state index contributed by atoms with van der Waals surface area (Å²) in [5.74, 6) is 0.712. The Kier molecular flexibility index (Phi) is 4.38. The van der Waals surface area contributed by atoms with Crippen LogP contribution in [0.25, 0.3) is 0 Å². The largest absolute Gasteiger partial charge is 0.384 e. The maximum Gasteiger partial charge on any atom is 0.103 e. The van der Waals surface area contributed by atoms with Gasteiger partial charge in [-0.25, -0.2) is 0 Å². The first kappa shape index (κ1) is 15.0. The molecule has 3 unspecified atom stereocenters. The molecule has 1 aromatic rings. The van der Waals surface area contributed by atoms with Crippen LogP contribution in [0.2, 0.25) is 0 Å². The highest BCUT2D eigenvalue weighted by Crippen LogP contribution is 2.52. The van der Waals surface area contributed by atoms with Crippen LogP contribution < -0.4 is 5.73 Å². The topological polar surface area (TPSA) is 46.2 Å². The van der Waals surface area contributed by atoms with Crippen LogP contribution in [-0.2, 0) is 5.60 Å². The predicted octanol–water partition coefficient (Wildman–Crippen LogP) is 3.81. The van der Waals surface area contributed by atoms with Crippen LogP contribution in [0.3, 0.4) is 0 Å². The first-order valence-corrected chi connectivity index (χ1v) is 8.32. The van der Waals surface area contributed by atoms with Gasteiger partial charge in [-0.1, -0.05) is 26.2 Å². The van der Waals surface area contributed by atoms with Gasteiger partial charge in [0.25, 0.3) is 0 Å². The fraction of sp³-hybridized carbons (Fsp3) is 0.750. The fourth-order valence-electron chi connectivity index (χ4n) is 3.77. The number of nitrogens with two attached hydrogens (primary N) is 1. The number of rotatable bonds is 4. The molecule has 0 amide bonds. The normalized spacial score (nSPS) is 31.1. The van der Waals surface area contributed by atoms with Crippen molar-refractivity contribution in [3.8, 4) is 0 Å². The molecule has 1 aliphatic carbocycles. The molecule has 3 N–H and O–H groups in total. The molecule has 2 nitrogen and oxygen atoms in total. The highest BCUT2D eigenvalue weighted by Gasteiger charge is 2.50. The lowest BCUT2D eigenvalue weighted by Crippen LogP contribution is -2.51. The molecule has 108 valence electrons. The molecule has 3 heteroatoms. The molecule has 0 radical (unpaired) electrons. The number of hydrogen-bond acceptors (Lipinski definition) is 3. The van der Waals surface area contributed by atoms with E-state index in [2.05, 4.69) is 25.3 Å². The lowest BCUT2D eigenvalue weighted by atomic mass is 9.60. The molecule has 1 aromatic heterocycles. The number of thiophene rings is 1. The Bertz CT molecular complexity index is 426. The van der Waals surface area contributed by atoms with E-state index in [9.17, 15) is 5.11 Å². The van der Waals surface area contributed by atoms with Crippen LogP contribution in [-0.4, -0.2) is 11.7 Å². The Morgan fingerprint density at radius 3 is 2.84 bits per heavy atom. The summed E-state index contributed by atoms with van der Waals surface area (Å²) in [5, 5.41) is 13.3. The van der Waals surface area contributed by atoms with Crippen LogP contribution in [0.15, 0.2) is 11.4 Å². The zero-order valence-corrected chi connectivity index (χ0v) is 13.2. The van der Waals surface area contributed by atoms with Gasteiger partial charge in [-0.2, -0.15) is 0 Å². The minimum atomic E-state index is -0.798. The smallest absolute Gasteiger partial charge is 0.103 e. The molecular formula is C16H27NOS. The van der Waals surface area contributed by atoms with Gasteiger partial charge in [0.1, 0.15) is 5.60 Å². The molecule has 1 fully saturated rings. The van der Waals surface area contributed by atoms with E-state index in [1.165, 1.54) is 24.8 Å². The summed E-state index contributed by atoms with van der Waals surface area (Å²) in [4.78, 5) is 1.11. The highest BCUT2D eigenvalue weighted by atomic mass is 32.1. The third kappa shape index (κ3) is 2.48. The summed E-state index contributed by atoms with van der Waals surface area (Å²) in [7, 11) is 0. The van der Waals surface area contributed by atoms with Crippen LogP contribution in [0, 0.1) is 18.3 Å². The second-order valence-electron chi connectivity index (χ2n) is 6.36. The minimum Gasteiger partial charge on any atom is -0.384 e. The fourth-order valence-corrected chi connectivity index (χ4v) is 4.88. The Hall–Kier alpha value is -0.380. The zero-order valence-electron chi connectivity index (χ0n) is 12.4. The molecular weight excluding hydrogens is 254 g/mol. The van der Waals surface area contributed by atoms with E-state index in [-0.39, 0.29) is 5.41 Å². The summed E-state index contributed by atoms with van der Waals surface area (Å²) >= 11 is 1.67. The van der Waals surface area contributed by atoms with E-state index in [0.717, 1.165) is 17.7 Å². The number of aryl methyl sites for hydroxylation is 1. The monoisotopic (exact) mass is 281 g/mol. The lowest BCUT2D eigenvalue weighted by molar-refractivity contribution is -0.100. The van der Waals surface area contributed by atoms with E-state index >= 15 is 0 Å². The summed E-state index contributed by atoms with van der Waals surface area (Å²) in [6.45, 7) is 6.90. The van der Waals surface area contributed by atoms with Crippen LogP contribution in [0.4, 0.5) is 0 Å². The van der Waals surface area contributed by atoms with Crippen LogP contribution >= 0.6 is 11.3 Å². The highest BCUT2D eigenvalue weighted by molar-refractivity contribution is 7.10. The number of hydrogen-bond donors (Lipinski definition) is 2. The molecule has 19 heavy (non-hydrogen) atoms. The summed E-state index contributed by atoms with van der Waals surface area (Å²) in [6, 6.07) is 2.10. The van der Waals surface area contributed by atoms with E-state index in [1.54, 1.807) is 11.3 Å². The van der Waals surface area contributed by atoms with Gasteiger partial charge in [-0.15, -0.1) is 11.3 Å². The van der Waals surface area contributed by atoms with Crippen molar-refractivity contribution in [1.29, 1.82) is 0 Å². The van der Waals surface area contributed by atoms with E-state index in [1.807, 2.05) is 6.92 Å².